The van der Waals surface area contributed by atoms with Crippen LogP contribution >= 0.6 is 15.9 Å². The summed E-state index contributed by atoms with van der Waals surface area (Å²) in [7, 11) is 2.08. The molecule has 0 saturated carbocycles. The van der Waals surface area contributed by atoms with Crippen LogP contribution in [-0.4, -0.2) is 38.0 Å². The Morgan fingerprint density at radius 1 is 1.22 bits per heavy atom. The van der Waals surface area contributed by atoms with E-state index in [2.05, 4.69) is 46.1 Å². The van der Waals surface area contributed by atoms with Crippen molar-refractivity contribution in [3.8, 4) is 0 Å². The Kier molecular flexibility index (Phi) is 7.51. The van der Waals surface area contributed by atoms with Crippen molar-refractivity contribution in [3.05, 3.63) is 34.3 Å². The molecule has 0 unspecified atom stereocenters. The van der Waals surface area contributed by atoms with Gasteiger partial charge in [-0.25, -0.2) is 0 Å². The molecule has 0 radical (unpaired) electrons. The van der Waals surface area contributed by atoms with Crippen molar-refractivity contribution in [2.24, 2.45) is 0 Å². The van der Waals surface area contributed by atoms with E-state index in [9.17, 15) is 0 Å². The summed E-state index contributed by atoms with van der Waals surface area (Å²) < 4.78 is 12.2. The lowest BCUT2D eigenvalue weighted by Gasteiger charge is -2.23. The minimum absolute atomic E-state index is 0.142. The Labute approximate surface area is 118 Å². The third-order valence-corrected chi connectivity index (χ3v) is 3.00. The number of rotatable bonds is 8. The van der Waals surface area contributed by atoms with Crippen molar-refractivity contribution in [1.82, 2.24) is 4.90 Å². The third kappa shape index (κ3) is 5.96. The number of halogens is 1. The molecule has 0 atom stereocenters. The Morgan fingerprint density at radius 2 is 1.89 bits per heavy atom. The van der Waals surface area contributed by atoms with E-state index in [-0.39, 0.29) is 6.29 Å². The zero-order valence-corrected chi connectivity index (χ0v) is 12.9. The van der Waals surface area contributed by atoms with Crippen LogP contribution in [0.25, 0.3) is 0 Å². The van der Waals surface area contributed by atoms with Crippen LogP contribution in [-0.2, 0) is 16.0 Å². The molecule has 0 fully saturated rings. The molecule has 0 amide bonds. The van der Waals surface area contributed by atoms with Gasteiger partial charge in [0.25, 0.3) is 0 Å². The molecule has 0 spiro atoms. The van der Waals surface area contributed by atoms with Crippen LogP contribution in [0.1, 0.15) is 19.4 Å². The van der Waals surface area contributed by atoms with Gasteiger partial charge < -0.3 is 9.47 Å². The van der Waals surface area contributed by atoms with Crippen LogP contribution < -0.4 is 0 Å². The zero-order chi connectivity index (χ0) is 13.4. The number of likely N-dealkylation sites (N-methyl/N-ethyl adjacent to an activating group) is 1. The highest BCUT2D eigenvalue weighted by atomic mass is 79.9. The topological polar surface area (TPSA) is 21.7 Å². The van der Waals surface area contributed by atoms with Crippen LogP contribution in [0.2, 0.25) is 0 Å². The van der Waals surface area contributed by atoms with E-state index in [1.54, 1.807) is 0 Å². The maximum absolute atomic E-state index is 5.54. The van der Waals surface area contributed by atoms with Gasteiger partial charge in [-0.2, -0.15) is 0 Å². The summed E-state index contributed by atoms with van der Waals surface area (Å²) >= 11 is 3.48. The average molecular weight is 316 g/mol. The van der Waals surface area contributed by atoms with Gasteiger partial charge in [0.15, 0.2) is 6.29 Å². The molecular weight excluding hydrogens is 294 g/mol. The van der Waals surface area contributed by atoms with Crippen LogP contribution in [0, 0.1) is 0 Å². The first-order chi connectivity index (χ1) is 8.65. The van der Waals surface area contributed by atoms with Gasteiger partial charge in [0, 0.05) is 30.8 Å². The van der Waals surface area contributed by atoms with Crippen molar-refractivity contribution < 1.29 is 9.47 Å². The molecular formula is C14H22BrNO2. The predicted octanol–water partition coefficient (Wildman–Crippen LogP) is 3.28. The van der Waals surface area contributed by atoms with E-state index < -0.39 is 0 Å². The minimum Gasteiger partial charge on any atom is -0.352 e. The van der Waals surface area contributed by atoms with E-state index in [4.69, 9.17) is 9.47 Å². The van der Waals surface area contributed by atoms with E-state index in [0.29, 0.717) is 13.2 Å². The summed E-state index contributed by atoms with van der Waals surface area (Å²) in [5.41, 5.74) is 1.28. The van der Waals surface area contributed by atoms with Crippen molar-refractivity contribution in [2.45, 2.75) is 26.7 Å². The fraction of sp³-hybridized carbons (Fsp3) is 0.571. The van der Waals surface area contributed by atoms with Crippen molar-refractivity contribution >= 4 is 15.9 Å². The van der Waals surface area contributed by atoms with Gasteiger partial charge in [0.2, 0.25) is 0 Å². The normalized spacial score (nSPS) is 11.4. The first kappa shape index (κ1) is 15.6. The predicted molar refractivity (Wildman–Crippen MR) is 77.5 cm³/mol. The summed E-state index contributed by atoms with van der Waals surface area (Å²) in [5.74, 6) is 0. The van der Waals surface area contributed by atoms with E-state index in [1.165, 1.54) is 5.56 Å². The number of ether oxygens (including phenoxy) is 2. The molecule has 0 aliphatic carbocycles. The van der Waals surface area contributed by atoms with Gasteiger partial charge in [0.1, 0.15) is 0 Å². The van der Waals surface area contributed by atoms with Crippen LogP contribution in [0.15, 0.2) is 28.7 Å². The molecule has 0 aromatic heterocycles. The number of hydrogen-bond acceptors (Lipinski definition) is 3. The molecule has 102 valence electrons. The molecule has 0 aliphatic rings. The van der Waals surface area contributed by atoms with Gasteiger partial charge in [-0.15, -0.1) is 0 Å². The Bertz CT molecular complexity index is 340. The molecule has 3 nitrogen and oxygen atoms in total. The van der Waals surface area contributed by atoms with Gasteiger partial charge in [-0.3, -0.25) is 4.90 Å². The van der Waals surface area contributed by atoms with Crippen molar-refractivity contribution in [3.63, 3.8) is 0 Å². The quantitative estimate of drug-likeness (QED) is 0.687. The first-order valence-corrected chi connectivity index (χ1v) is 7.11. The molecule has 0 N–H and O–H groups in total. The molecule has 0 bridgehead atoms. The summed E-state index contributed by atoms with van der Waals surface area (Å²) in [4.78, 5) is 2.21. The van der Waals surface area contributed by atoms with Crippen LogP contribution in [0.3, 0.4) is 0 Å². The lowest BCUT2D eigenvalue weighted by Crippen LogP contribution is -2.32. The minimum atomic E-state index is -0.142. The fourth-order valence-electron chi connectivity index (χ4n) is 1.79. The molecule has 0 aliphatic heterocycles. The lowest BCUT2D eigenvalue weighted by molar-refractivity contribution is -0.145. The summed E-state index contributed by atoms with van der Waals surface area (Å²) in [6, 6.07) is 8.34. The van der Waals surface area contributed by atoms with Gasteiger partial charge in [-0.1, -0.05) is 28.1 Å². The van der Waals surface area contributed by atoms with Crippen LogP contribution in [0.4, 0.5) is 0 Å². The second-order valence-electron chi connectivity index (χ2n) is 4.17. The Morgan fingerprint density at radius 3 is 2.44 bits per heavy atom. The molecule has 4 heteroatoms. The summed E-state index contributed by atoms with van der Waals surface area (Å²) in [6.07, 6.45) is -0.142. The van der Waals surface area contributed by atoms with E-state index >= 15 is 0 Å². The molecule has 0 saturated heterocycles. The highest BCUT2D eigenvalue weighted by Gasteiger charge is 2.11. The van der Waals surface area contributed by atoms with Crippen molar-refractivity contribution in [1.29, 1.82) is 0 Å². The second kappa shape index (κ2) is 8.64. The maximum atomic E-state index is 5.54. The molecule has 0 heterocycles. The van der Waals surface area contributed by atoms with Gasteiger partial charge in [-0.05, 0) is 38.6 Å². The second-order valence-corrected chi connectivity index (χ2v) is 5.08. The first-order valence-electron chi connectivity index (χ1n) is 6.31. The Hall–Kier alpha value is -0.420. The largest absolute Gasteiger partial charge is 0.352 e. The Balaban J connectivity index is 2.46. The molecule has 1 rings (SSSR count). The van der Waals surface area contributed by atoms with Gasteiger partial charge >= 0.3 is 0 Å². The summed E-state index contributed by atoms with van der Waals surface area (Å²) in [6.45, 7) is 6.98. The summed E-state index contributed by atoms with van der Waals surface area (Å²) in [5, 5.41) is 0. The van der Waals surface area contributed by atoms with Gasteiger partial charge in [0.05, 0.1) is 0 Å². The van der Waals surface area contributed by atoms with Crippen LogP contribution in [0.5, 0.6) is 0 Å². The standard InChI is InChI=1S/C14H22BrNO2/c1-4-17-14(18-5-2)11-16(3)10-12-7-6-8-13(15)9-12/h6-9,14H,4-5,10-11H2,1-3H3. The highest BCUT2D eigenvalue weighted by molar-refractivity contribution is 9.10. The molecule has 18 heavy (non-hydrogen) atoms. The average Bonchev–Trinajstić information content (AvgIpc) is 2.29. The number of hydrogen-bond donors (Lipinski definition) is 0. The number of nitrogens with zero attached hydrogens (tertiary/aromatic N) is 1. The zero-order valence-electron chi connectivity index (χ0n) is 11.4. The third-order valence-electron chi connectivity index (χ3n) is 2.51. The van der Waals surface area contributed by atoms with Crippen molar-refractivity contribution in [2.75, 3.05) is 26.8 Å². The van der Waals surface area contributed by atoms with E-state index in [1.807, 2.05) is 19.9 Å². The highest BCUT2D eigenvalue weighted by Crippen LogP contribution is 2.13. The lowest BCUT2D eigenvalue weighted by atomic mass is 10.2. The molecule has 1 aromatic rings. The van der Waals surface area contributed by atoms with E-state index in [0.717, 1.165) is 17.6 Å². The smallest absolute Gasteiger partial charge is 0.170 e. The fourth-order valence-corrected chi connectivity index (χ4v) is 2.24. The monoisotopic (exact) mass is 315 g/mol. The molecule has 1 aromatic carbocycles. The SMILES string of the molecule is CCOC(CN(C)Cc1cccc(Br)c1)OCC. The maximum Gasteiger partial charge on any atom is 0.170 e. The number of benzene rings is 1.